The van der Waals surface area contributed by atoms with Gasteiger partial charge in [0.15, 0.2) is 0 Å². The van der Waals surface area contributed by atoms with Crippen LogP contribution in [0.5, 0.6) is 0 Å². The molecule has 2 saturated carbocycles. The van der Waals surface area contributed by atoms with Crippen LogP contribution in [0, 0.1) is 16.7 Å². The van der Waals surface area contributed by atoms with Gasteiger partial charge < -0.3 is 10.2 Å². The van der Waals surface area contributed by atoms with E-state index in [1.807, 2.05) is 6.92 Å². The normalized spacial score (nSPS) is 52.2. The lowest BCUT2D eigenvalue weighted by Crippen LogP contribution is -2.54. The van der Waals surface area contributed by atoms with Gasteiger partial charge in [-0.15, -0.1) is 0 Å². The smallest absolute Gasteiger partial charge is 0.0695 e. The lowest BCUT2D eigenvalue weighted by molar-refractivity contribution is 0.0521. The zero-order valence-corrected chi connectivity index (χ0v) is 17.0. The molecule has 2 heterocycles. The maximum absolute atomic E-state index is 11.4. The van der Waals surface area contributed by atoms with Crippen molar-refractivity contribution >= 4 is 7.92 Å². The van der Waals surface area contributed by atoms with Crippen molar-refractivity contribution in [3.63, 3.8) is 0 Å². The van der Waals surface area contributed by atoms with Crippen molar-refractivity contribution in [2.24, 2.45) is 16.7 Å². The summed E-state index contributed by atoms with van der Waals surface area (Å²) >= 11 is 0. The molecule has 25 heavy (non-hydrogen) atoms. The Morgan fingerprint density at radius 2 is 2.08 bits per heavy atom. The van der Waals surface area contributed by atoms with Crippen LogP contribution in [0.15, 0.2) is 23.8 Å². The standard InChI is InChI=1S/C22H35O2P/c1-4-10-21(3)17(13-15(2)23)9-12-25-19-8-7-16-6-5-11-22(16,19)14-18(24)20(21)25/h4,10,13,15-16,18-20,23-24H,5-9,11-12,14H2,1-3H3/b10-4-,17-13-. The van der Waals surface area contributed by atoms with E-state index in [1.165, 1.54) is 43.8 Å². The van der Waals surface area contributed by atoms with Crippen LogP contribution < -0.4 is 0 Å². The summed E-state index contributed by atoms with van der Waals surface area (Å²) in [5.74, 6) is 0.901. The summed E-state index contributed by atoms with van der Waals surface area (Å²) in [7, 11) is -0.142. The third kappa shape index (κ3) is 2.62. The van der Waals surface area contributed by atoms with Crippen molar-refractivity contribution in [3.8, 4) is 0 Å². The van der Waals surface area contributed by atoms with Crippen LogP contribution in [0.3, 0.4) is 0 Å². The summed E-state index contributed by atoms with van der Waals surface area (Å²) in [5.41, 5.74) is 3.05. The summed E-state index contributed by atoms with van der Waals surface area (Å²) < 4.78 is 0. The third-order valence-electron chi connectivity index (χ3n) is 8.07. The van der Waals surface area contributed by atoms with Crippen molar-refractivity contribution in [1.29, 1.82) is 0 Å². The van der Waals surface area contributed by atoms with Crippen LogP contribution in [0.1, 0.15) is 65.7 Å². The van der Waals surface area contributed by atoms with Gasteiger partial charge in [0.05, 0.1) is 12.2 Å². The summed E-state index contributed by atoms with van der Waals surface area (Å²) in [6, 6.07) is 0. The van der Waals surface area contributed by atoms with E-state index in [0.717, 1.165) is 24.4 Å². The minimum absolute atomic E-state index is 0.0760. The second-order valence-electron chi connectivity index (χ2n) is 9.33. The molecule has 2 aliphatic carbocycles. The molecule has 8 unspecified atom stereocenters. The molecule has 8 atom stereocenters. The van der Waals surface area contributed by atoms with Gasteiger partial charge in [0.2, 0.25) is 0 Å². The summed E-state index contributed by atoms with van der Waals surface area (Å²) in [5, 5.41) is 21.4. The number of fused-ring (bicyclic) bond motifs is 2. The quantitative estimate of drug-likeness (QED) is 0.545. The highest BCUT2D eigenvalue weighted by Gasteiger charge is 2.63. The average molecular weight is 362 g/mol. The monoisotopic (exact) mass is 362 g/mol. The first-order chi connectivity index (χ1) is 11.9. The van der Waals surface area contributed by atoms with Gasteiger partial charge in [0, 0.05) is 11.1 Å². The van der Waals surface area contributed by atoms with E-state index in [-0.39, 0.29) is 19.4 Å². The molecule has 0 aromatic heterocycles. The fourth-order valence-electron chi connectivity index (χ4n) is 7.36. The van der Waals surface area contributed by atoms with E-state index in [0.29, 0.717) is 11.1 Å². The Hall–Kier alpha value is -0.170. The predicted octanol–water partition coefficient (Wildman–Crippen LogP) is 4.84. The Bertz CT molecular complexity index is 583. The maximum atomic E-state index is 11.4. The number of hydrogen-bond acceptors (Lipinski definition) is 2. The van der Waals surface area contributed by atoms with Crippen LogP contribution in [0.4, 0.5) is 0 Å². The Balaban J connectivity index is 1.74. The van der Waals surface area contributed by atoms with Crippen LogP contribution in [-0.2, 0) is 0 Å². The van der Waals surface area contributed by atoms with Crippen LogP contribution in [0.25, 0.3) is 0 Å². The zero-order chi connectivity index (χ0) is 17.8. The summed E-state index contributed by atoms with van der Waals surface area (Å²) in [4.78, 5) is 0. The van der Waals surface area contributed by atoms with Gasteiger partial charge in [-0.25, -0.2) is 0 Å². The van der Waals surface area contributed by atoms with Crippen molar-refractivity contribution in [3.05, 3.63) is 23.8 Å². The molecule has 0 amide bonds. The maximum Gasteiger partial charge on any atom is 0.0695 e. The largest absolute Gasteiger partial charge is 0.392 e. The lowest BCUT2D eigenvalue weighted by atomic mass is 9.68. The Morgan fingerprint density at radius 3 is 2.80 bits per heavy atom. The average Bonchev–Trinajstić information content (AvgIpc) is 3.06. The Kier molecular flexibility index (Phi) is 4.71. The molecule has 0 radical (unpaired) electrons. The number of hydrogen-bond donors (Lipinski definition) is 2. The van der Waals surface area contributed by atoms with E-state index in [4.69, 9.17) is 0 Å². The minimum atomic E-state index is -0.401. The zero-order valence-electron chi connectivity index (χ0n) is 16.1. The lowest BCUT2D eigenvalue weighted by Gasteiger charge is -2.59. The van der Waals surface area contributed by atoms with Crippen LogP contribution >= 0.6 is 7.92 Å². The topological polar surface area (TPSA) is 40.5 Å². The molecule has 4 aliphatic rings. The van der Waals surface area contributed by atoms with Crippen molar-refractivity contribution < 1.29 is 10.2 Å². The van der Waals surface area contributed by atoms with Crippen LogP contribution in [-0.4, -0.2) is 39.9 Å². The second kappa shape index (κ2) is 6.47. The number of allylic oxidation sites excluding steroid dienone is 3. The molecule has 2 aliphatic heterocycles. The van der Waals surface area contributed by atoms with E-state index in [2.05, 4.69) is 32.1 Å². The van der Waals surface area contributed by atoms with Crippen molar-refractivity contribution in [1.82, 2.24) is 0 Å². The molecule has 2 nitrogen and oxygen atoms in total. The first-order valence-electron chi connectivity index (χ1n) is 10.4. The van der Waals surface area contributed by atoms with E-state index < -0.39 is 6.10 Å². The van der Waals surface area contributed by atoms with Gasteiger partial charge in [0.1, 0.15) is 0 Å². The molecule has 2 saturated heterocycles. The number of aliphatic hydroxyl groups excluding tert-OH is 2. The van der Waals surface area contributed by atoms with Crippen molar-refractivity contribution in [2.45, 2.75) is 89.2 Å². The van der Waals surface area contributed by atoms with Crippen molar-refractivity contribution in [2.75, 3.05) is 6.16 Å². The van der Waals surface area contributed by atoms with E-state index >= 15 is 0 Å². The molecule has 4 rings (SSSR count). The highest BCUT2D eigenvalue weighted by molar-refractivity contribution is 7.59. The van der Waals surface area contributed by atoms with Gasteiger partial charge in [-0.3, -0.25) is 0 Å². The molecule has 2 N–H and O–H groups in total. The molecule has 140 valence electrons. The van der Waals surface area contributed by atoms with E-state index in [1.54, 1.807) is 0 Å². The second-order valence-corrected chi connectivity index (χ2v) is 12.0. The highest BCUT2D eigenvalue weighted by atomic mass is 31.1. The van der Waals surface area contributed by atoms with Crippen LogP contribution in [0.2, 0.25) is 0 Å². The van der Waals surface area contributed by atoms with Gasteiger partial charge >= 0.3 is 0 Å². The Morgan fingerprint density at radius 1 is 1.28 bits per heavy atom. The predicted molar refractivity (Wildman–Crippen MR) is 106 cm³/mol. The fourth-order valence-corrected chi connectivity index (χ4v) is 11.9. The van der Waals surface area contributed by atoms with Gasteiger partial charge in [-0.1, -0.05) is 45.1 Å². The molecular weight excluding hydrogens is 327 g/mol. The molecule has 0 aromatic carbocycles. The van der Waals surface area contributed by atoms with Gasteiger partial charge in [0.25, 0.3) is 0 Å². The van der Waals surface area contributed by atoms with Gasteiger partial charge in [-0.05, 0) is 75.5 Å². The first kappa shape index (κ1) is 18.2. The minimum Gasteiger partial charge on any atom is -0.392 e. The first-order valence-corrected chi connectivity index (χ1v) is 12.1. The summed E-state index contributed by atoms with van der Waals surface area (Å²) in [6.07, 6.45) is 16.4. The molecule has 3 heteroatoms. The molecule has 0 aromatic rings. The third-order valence-corrected chi connectivity index (χ3v) is 12.0. The highest BCUT2D eigenvalue weighted by Crippen LogP contribution is 2.75. The SMILES string of the molecule is C/C=C\C1(C)/C(=C\C(C)O)CCP2C1C(O)CC13CCCC1CCC23. The fraction of sp³-hybridized carbons (Fsp3) is 0.818. The molecule has 1 spiro atoms. The van der Waals surface area contributed by atoms with Gasteiger partial charge in [-0.2, -0.15) is 0 Å². The molecule has 0 bridgehead atoms. The molecule has 4 fully saturated rings. The Labute approximate surface area is 154 Å². The molecular formula is C22H35O2P. The number of rotatable bonds is 2. The van der Waals surface area contributed by atoms with E-state index in [9.17, 15) is 10.2 Å². The number of aliphatic hydroxyl groups is 2. The summed E-state index contributed by atoms with van der Waals surface area (Å²) in [6.45, 7) is 6.29.